The van der Waals surface area contributed by atoms with Crippen molar-refractivity contribution < 1.29 is 8.42 Å². The van der Waals surface area contributed by atoms with Crippen LogP contribution < -0.4 is 0 Å². The lowest BCUT2D eigenvalue weighted by molar-refractivity contribution is 0.602. The van der Waals surface area contributed by atoms with E-state index in [9.17, 15) is 8.42 Å². The molecule has 0 unspecified atom stereocenters. The summed E-state index contributed by atoms with van der Waals surface area (Å²) < 4.78 is 25.1. The zero-order valence-corrected chi connectivity index (χ0v) is 13.0. The van der Waals surface area contributed by atoms with Crippen LogP contribution in [0.25, 0.3) is 22.2 Å². The van der Waals surface area contributed by atoms with Gasteiger partial charge in [-0.3, -0.25) is 4.98 Å². The maximum atomic E-state index is 11.5. The van der Waals surface area contributed by atoms with E-state index in [4.69, 9.17) is 0 Å². The van der Waals surface area contributed by atoms with Gasteiger partial charge in [0, 0.05) is 36.3 Å². The molecule has 1 aromatic carbocycles. The summed E-state index contributed by atoms with van der Waals surface area (Å²) in [5.41, 5.74) is 4.13. The average molecular weight is 300 g/mol. The summed E-state index contributed by atoms with van der Waals surface area (Å²) >= 11 is 0. The van der Waals surface area contributed by atoms with E-state index in [0.29, 0.717) is 4.90 Å². The molecule has 0 aliphatic carbocycles. The van der Waals surface area contributed by atoms with Crippen LogP contribution in [0.5, 0.6) is 0 Å². The van der Waals surface area contributed by atoms with E-state index >= 15 is 0 Å². The van der Waals surface area contributed by atoms with Crippen LogP contribution in [0.4, 0.5) is 0 Å². The van der Waals surface area contributed by atoms with Gasteiger partial charge in [-0.05, 0) is 36.8 Å². The molecule has 0 radical (unpaired) electrons. The van der Waals surface area contributed by atoms with E-state index in [2.05, 4.69) is 15.6 Å². The number of aryl methyl sites for hydroxylation is 2. The molecule has 3 rings (SSSR count). The zero-order valence-electron chi connectivity index (χ0n) is 12.2. The van der Waals surface area contributed by atoms with Crippen LogP contribution in [0.15, 0.2) is 47.5 Å². The highest BCUT2D eigenvalue weighted by Gasteiger charge is 2.11. The first-order valence-electron chi connectivity index (χ1n) is 6.59. The van der Waals surface area contributed by atoms with E-state index in [1.165, 1.54) is 6.26 Å². The van der Waals surface area contributed by atoms with Crippen molar-refractivity contribution in [3.63, 3.8) is 0 Å². The topological polar surface area (TPSA) is 52.0 Å². The number of hydrogen-bond acceptors (Lipinski definition) is 3. The van der Waals surface area contributed by atoms with Crippen molar-refractivity contribution in [2.45, 2.75) is 11.8 Å². The highest BCUT2D eigenvalue weighted by molar-refractivity contribution is 7.90. The Morgan fingerprint density at radius 2 is 1.76 bits per heavy atom. The fourth-order valence-electron chi connectivity index (χ4n) is 2.55. The molecule has 5 heteroatoms. The molecule has 0 saturated heterocycles. The number of aromatic nitrogens is 2. The molecule has 0 fully saturated rings. The third-order valence-electron chi connectivity index (χ3n) is 3.75. The summed E-state index contributed by atoms with van der Waals surface area (Å²) in [6.45, 7) is 1.98. The molecule has 2 aromatic heterocycles. The highest BCUT2D eigenvalue weighted by Crippen LogP contribution is 2.28. The second-order valence-electron chi connectivity index (χ2n) is 5.21. The van der Waals surface area contributed by atoms with Crippen molar-refractivity contribution >= 4 is 20.7 Å². The maximum absolute atomic E-state index is 11.5. The predicted molar refractivity (Wildman–Crippen MR) is 84.0 cm³/mol. The number of sulfone groups is 1. The molecule has 21 heavy (non-hydrogen) atoms. The second kappa shape index (κ2) is 4.70. The fourth-order valence-corrected chi connectivity index (χ4v) is 3.18. The van der Waals surface area contributed by atoms with Crippen molar-refractivity contribution in [1.82, 2.24) is 9.55 Å². The van der Waals surface area contributed by atoms with E-state index in [-0.39, 0.29) is 0 Å². The van der Waals surface area contributed by atoms with Crippen LogP contribution in [0.1, 0.15) is 5.69 Å². The van der Waals surface area contributed by atoms with Gasteiger partial charge in [0.15, 0.2) is 9.84 Å². The second-order valence-corrected chi connectivity index (χ2v) is 7.23. The van der Waals surface area contributed by atoms with Gasteiger partial charge in [-0.15, -0.1) is 0 Å². The number of pyridine rings is 1. The van der Waals surface area contributed by atoms with Crippen LogP contribution in [0.2, 0.25) is 0 Å². The summed E-state index contributed by atoms with van der Waals surface area (Å²) in [4.78, 5) is 4.65. The Hall–Kier alpha value is -2.14. The van der Waals surface area contributed by atoms with Crippen molar-refractivity contribution in [2.75, 3.05) is 6.26 Å². The molecular formula is C16H16N2O2S. The van der Waals surface area contributed by atoms with Gasteiger partial charge in [0.1, 0.15) is 0 Å². The number of fused-ring (bicyclic) bond motifs is 1. The summed E-state index contributed by atoms with van der Waals surface area (Å²) in [5, 5.41) is 1.11. The van der Waals surface area contributed by atoms with Crippen molar-refractivity contribution in [2.24, 2.45) is 7.05 Å². The first-order valence-corrected chi connectivity index (χ1v) is 8.48. The molecule has 0 N–H and O–H groups in total. The first kappa shape index (κ1) is 13.8. The lowest BCUT2D eigenvalue weighted by Gasteiger charge is -2.05. The van der Waals surface area contributed by atoms with E-state index in [1.54, 1.807) is 18.3 Å². The van der Waals surface area contributed by atoms with Gasteiger partial charge < -0.3 is 4.57 Å². The van der Waals surface area contributed by atoms with Gasteiger partial charge in [0.25, 0.3) is 0 Å². The Morgan fingerprint density at radius 1 is 1.10 bits per heavy atom. The smallest absolute Gasteiger partial charge is 0.175 e. The minimum atomic E-state index is -3.16. The van der Waals surface area contributed by atoms with Crippen LogP contribution in [-0.4, -0.2) is 24.2 Å². The van der Waals surface area contributed by atoms with Crippen molar-refractivity contribution in [3.05, 3.63) is 48.3 Å². The van der Waals surface area contributed by atoms with Crippen LogP contribution in [-0.2, 0) is 16.9 Å². The van der Waals surface area contributed by atoms with Gasteiger partial charge in [-0.1, -0.05) is 12.1 Å². The molecule has 108 valence electrons. The molecule has 0 bridgehead atoms. The Morgan fingerprint density at radius 3 is 2.33 bits per heavy atom. The molecule has 0 atom stereocenters. The van der Waals surface area contributed by atoms with Crippen molar-refractivity contribution in [1.29, 1.82) is 0 Å². The third kappa shape index (κ3) is 2.34. The van der Waals surface area contributed by atoms with Gasteiger partial charge >= 0.3 is 0 Å². The van der Waals surface area contributed by atoms with E-state index in [1.807, 2.05) is 32.2 Å². The zero-order chi connectivity index (χ0) is 15.2. The van der Waals surface area contributed by atoms with Crippen molar-refractivity contribution in [3.8, 4) is 11.3 Å². The normalized spacial score (nSPS) is 12.0. The SMILES string of the molecule is Cc1nccc2c1cc(-c1ccc(S(C)(=O)=O)cc1)n2C. The highest BCUT2D eigenvalue weighted by atomic mass is 32.2. The van der Waals surface area contributed by atoms with Gasteiger partial charge in [0.05, 0.1) is 10.4 Å². The molecule has 0 spiro atoms. The fraction of sp³-hybridized carbons (Fsp3) is 0.188. The number of hydrogen-bond donors (Lipinski definition) is 0. The Bertz CT molecular complexity index is 923. The summed E-state index contributed by atoms with van der Waals surface area (Å²) in [7, 11) is -1.16. The minimum absolute atomic E-state index is 0.336. The summed E-state index contributed by atoms with van der Waals surface area (Å²) in [6.07, 6.45) is 3.02. The van der Waals surface area contributed by atoms with Crippen LogP contribution >= 0.6 is 0 Å². The maximum Gasteiger partial charge on any atom is 0.175 e. The quantitative estimate of drug-likeness (QED) is 0.731. The molecule has 2 heterocycles. The van der Waals surface area contributed by atoms with Gasteiger partial charge in [0.2, 0.25) is 0 Å². The Balaban J connectivity index is 2.17. The monoisotopic (exact) mass is 300 g/mol. The lowest BCUT2D eigenvalue weighted by atomic mass is 10.1. The Kier molecular flexibility index (Phi) is 3.10. The lowest BCUT2D eigenvalue weighted by Crippen LogP contribution is -1.97. The van der Waals surface area contributed by atoms with E-state index < -0.39 is 9.84 Å². The predicted octanol–water partition coefficient (Wildman–Crippen LogP) is 2.95. The molecular weight excluding hydrogens is 284 g/mol. The van der Waals surface area contributed by atoms with Gasteiger partial charge in [-0.2, -0.15) is 0 Å². The van der Waals surface area contributed by atoms with Crippen LogP contribution in [0.3, 0.4) is 0 Å². The average Bonchev–Trinajstić information content (AvgIpc) is 2.77. The third-order valence-corrected chi connectivity index (χ3v) is 4.88. The number of nitrogens with zero attached hydrogens (tertiary/aromatic N) is 2. The molecule has 3 aromatic rings. The minimum Gasteiger partial charge on any atom is -0.344 e. The molecule has 0 aliphatic heterocycles. The molecule has 4 nitrogen and oxygen atoms in total. The first-order chi connectivity index (χ1) is 9.88. The van der Waals surface area contributed by atoms with E-state index in [0.717, 1.165) is 27.9 Å². The van der Waals surface area contributed by atoms with Gasteiger partial charge in [-0.25, -0.2) is 8.42 Å². The summed E-state index contributed by atoms with van der Waals surface area (Å²) in [5.74, 6) is 0. The van der Waals surface area contributed by atoms with Crippen LogP contribution in [0, 0.1) is 6.92 Å². The molecule has 0 saturated carbocycles. The largest absolute Gasteiger partial charge is 0.344 e. The molecule has 0 amide bonds. The number of benzene rings is 1. The molecule has 0 aliphatic rings. The summed E-state index contributed by atoms with van der Waals surface area (Å²) in [6, 6.07) is 11.0. The number of rotatable bonds is 2. The standard InChI is InChI=1S/C16H16N2O2S/c1-11-14-10-16(18(2)15(14)8-9-17-11)12-4-6-13(7-5-12)21(3,19)20/h4-10H,1-3H3. The Labute approximate surface area is 124 Å².